The minimum atomic E-state index is -2.95. The summed E-state index contributed by atoms with van der Waals surface area (Å²) in [7, 11) is 0. The molecule has 0 radical (unpaired) electrons. The Kier molecular flexibility index (Phi) is 6.18. The number of nitrogens with two attached hydrogens (primary N) is 1. The van der Waals surface area contributed by atoms with Crippen LogP contribution < -0.4 is 5.73 Å². The zero-order valence-corrected chi connectivity index (χ0v) is 21.4. The summed E-state index contributed by atoms with van der Waals surface area (Å²) in [6, 6.07) is 3.37. The number of carbonyl (C=O) groups excluding carboxylic acids is 6. The number of esters is 1. The van der Waals surface area contributed by atoms with E-state index >= 15 is 0 Å². The average molecular weight is 514 g/mol. The SMILES string of the molecule is CCC(=O)O[C@H]1[C@H]2C(C(=O)c3c(ccc(C(C)(C)C)c3O)[C@@H]2C)C(=O)[C@]2(O)C(=O)C(C(N)=O)C(=O)C[C@H]12. The fraction of sp³-hybridized carbons (Fsp3) is 0.556. The molecule has 1 aromatic carbocycles. The number of Topliss-reactive ketones (excluding diaryl/α,β-unsaturated/α-hetero) is 4. The lowest BCUT2D eigenvalue weighted by Crippen LogP contribution is -2.73. The van der Waals surface area contributed by atoms with Gasteiger partial charge in [0.1, 0.15) is 11.9 Å². The van der Waals surface area contributed by atoms with Gasteiger partial charge in [0.25, 0.3) is 0 Å². The predicted octanol–water partition coefficient (Wildman–Crippen LogP) is 1.12. The molecule has 0 aliphatic heterocycles. The minimum Gasteiger partial charge on any atom is -0.507 e. The number of primary amides is 1. The third-order valence-electron chi connectivity index (χ3n) is 8.19. The highest BCUT2D eigenvalue weighted by atomic mass is 16.5. The van der Waals surface area contributed by atoms with Crippen LogP contribution in [0, 0.1) is 23.7 Å². The van der Waals surface area contributed by atoms with Crippen molar-refractivity contribution < 1.29 is 43.7 Å². The van der Waals surface area contributed by atoms with Gasteiger partial charge in [-0.15, -0.1) is 0 Å². The van der Waals surface area contributed by atoms with E-state index in [0.717, 1.165) is 0 Å². The predicted molar refractivity (Wildman–Crippen MR) is 127 cm³/mol. The Morgan fingerprint density at radius 2 is 1.76 bits per heavy atom. The second-order valence-electron chi connectivity index (χ2n) is 11.3. The fourth-order valence-electron chi connectivity index (χ4n) is 6.32. The Labute approximate surface area is 213 Å². The number of ether oxygens (including phenoxy) is 1. The fourth-order valence-corrected chi connectivity index (χ4v) is 6.32. The van der Waals surface area contributed by atoms with Crippen LogP contribution in [0.25, 0.3) is 0 Å². The van der Waals surface area contributed by atoms with Crippen molar-refractivity contribution in [2.45, 2.75) is 70.5 Å². The van der Waals surface area contributed by atoms with Gasteiger partial charge in [0, 0.05) is 24.7 Å². The van der Waals surface area contributed by atoms with Gasteiger partial charge in [0.2, 0.25) is 5.91 Å². The molecule has 2 unspecified atom stereocenters. The van der Waals surface area contributed by atoms with Gasteiger partial charge in [-0.1, -0.05) is 46.8 Å². The molecule has 0 spiro atoms. The normalized spacial score (nSPS) is 33.4. The summed E-state index contributed by atoms with van der Waals surface area (Å²) in [5.41, 5.74) is 2.55. The van der Waals surface area contributed by atoms with E-state index in [-0.39, 0.29) is 17.7 Å². The number of rotatable bonds is 3. The molecule has 0 heterocycles. The van der Waals surface area contributed by atoms with E-state index in [9.17, 15) is 39.0 Å². The molecule has 37 heavy (non-hydrogen) atoms. The van der Waals surface area contributed by atoms with Crippen molar-refractivity contribution in [3.8, 4) is 5.75 Å². The Balaban J connectivity index is 1.96. The molecule has 4 rings (SSSR count). The van der Waals surface area contributed by atoms with Crippen LogP contribution in [0.5, 0.6) is 5.75 Å². The first-order valence-electron chi connectivity index (χ1n) is 12.3. The first kappa shape index (κ1) is 26.7. The van der Waals surface area contributed by atoms with Crippen molar-refractivity contribution in [1.29, 1.82) is 0 Å². The number of carbonyl (C=O) groups is 6. The highest BCUT2D eigenvalue weighted by molar-refractivity contribution is 6.31. The quantitative estimate of drug-likeness (QED) is 0.394. The maximum Gasteiger partial charge on any atom is 0.305 e. The highest BCUT2D eigenvalue weighted by Gasteiger charge is 2.71. The van der Waals surface area contributed by atoms with E-state index in [2.05, 4.69) is 0 Å². The van der Waals surface area contributed by atoms with E-state index in [1.54, 1.807) is 19.1 Å². The second-order valence-corrected chi connectivity index (χ2v) is 11.3. The van der Waals surface area contributed by atoms with Crippen LogP contribution in [0.1, 0.15) is 74.9 Å². The van der Waals surface area contributed by atoms with Gasteiger partial charge >= 0.3 is 5.97 Å². The van der Waals surface area contributed by atoms with Crippen LogP contribution in [-0.4, -0.2) is 56.9 Å². The van der Waals surface area contributed by atoms with Crippen LogP contribution in [0.15, 0.2) is 12.1 Å². The van der Waals surface area contributed by atoms with Crippen molar-refractivity contribution in [3.63, 3.8) is 0 Å². The Bertz CT molecular complexity index is 1260. The lowest BCUT2D eigenvalue weighted by molar-refractivity contribution is -0.198. The molecule has 1 amide bonds. The number of aliphatic hydroxyl groups is 1. The van der Waals surface area contributed by atoms with E-state index in [1.807, 2.05) is 20.8 Å². The molecule has 0 saturated heterocycles. The van der Waals surface area contributed by atoms with Crippen LogP contribution in [0.2, 0.25) is 0 Å². The highest BCUT2D eigenvalue weighted by Crippen LogP contribution is 2.55. The summed E-state index contributed by atoms with van der Waals surface area (Å²) in [6.07, 6.45) is -2.06. The van der Waals surface area contributed by atoms with Crippen LogP contribution in [-0.2, 0) is 34.1 Å². The third-order valence-corrected chi connectivity index (χ3v) is 8.19. The van der Waals surface area contributed by atoms with Crippen LogP contribution >= 0.6 is 0 Å². The molecule has 10 nitrogen and oxygen atoms in total. The molecule has 2 saturated carbocycles. The second kappa shape index (κ2) is 8.58. The largest absolute Gasteiger partial charge is 0.507 e. The van der Waals surface area contributed by atoms with Crippen molar-refractivity contribution in [2.24, 2.45) is 29.4 Å². The van der Waals surface area contributed by atoms with E-state index in [4.69, 9.17) is 10.5 Å². The maximum atomic E-state index is 13.9. The van der Waals surface area contributed by atoms with Gasteiger partial charge in [-0.3, -0.25) is 28.8 Å². The van der Waals surface area contributed by atoms with Crippen molar-refractivity contribution in [3.05, 3.63) is 28.8 Å². The van der Waals surface area contributed by atoms with Gasteiger partial charge in [0.15, 0.2) is 34.7 Å². The number of benzene rings is 1. The van der Waals surface area contributed by atoms with Gasteiger partial charge < -0.3 is 20.7 Å². The first-order chi connectivity index (χ1) is 17.1. The summed E-state index contributed by atoms with van der Waals surface area (Å²) in [4.78, 5) is 78.2. The molecule has 0 aromatic heterocycles. The molecule has 7 atom stereocenters. The number of fused-ring (bicyclic) bond motifs is 3. The molecule has 4 N–H and O–H groups in total. The monoisotopic (exact) mass is 513 g/mol. The molecule has 1 aromatic rings. The lowest BCUT2D eigenvalue weighted by Gasteiger charge is -2.53. The Morgan fingerprint density at radius 1 is 1.14 bits per heavy atom. The summed E-state index contributed by atoms with van der Waals surface area (Å²) in [6.45, 7) is 8.75. The number of ketones is 4. The van der Waals surface area contributed by atoms with E-state index < -0.39 is 88.1 Å². The van der Waals surface area contributed by atoms with Gasteiger partial charge in [-0.25, -0.2) is 0 Å². The van der Waals surface area contributed by atoms with E-state index in [1.165, 1.54) is 6.92 Å². The average Bonchev–Trinajstić information content (AvgIpc) is 2.79. The molecule has 0 bridgehead atoms. The zero-order chi connectivity index (χ0) is 27.8. The van der Waals surface area contributed by atoms with E-state index in [0.29, 0.717) is 11.1 Å². The van der Waals surface area contributed by atoms with Crippen molar-refractivity contribution >= 4 is 35.0 Å². The van der Waals surface area contributed by atoms with Crippen LogP contribution in [0.3, 0.4) is 0 Å². The van der Waals surface area contributed by atoms with Crippen LogP contribution in [0.4, 0.5) is 0 Å². The van der Waals surface area contributed by atoms with Gasteiger partial charge in [0.05, 0.1) is 11.5 Å². The Hall–Kier alpha value is -3.40. The number of hydrogen-bond acceptors (Lipinski definition) is 9. The molecule has 3 aliphatic carbocycles. The molecule has 198 valence electrons. The number of amides is 1. The molecule has 3 aliphatic rings. The summed E-state index contributed by atoms with van der Waals surface area (Å²) < 4.78 is 5.64. The lowest BCUT2D eigenvalue weighted by atomic mass is 9.50. The smallest absolute Gasteiger partial charge is 0.305 e. The van der Waals surface area contributed by atoms with Crippen molar-refractivity contribution in [2.75, 3.05) is 0 Å². The Morgan fingerprint density at radius 3 is 2.30 bits per heavy atom. The van der Waals surface area contributed by atoms with Gasteiger partial charge in [-0.2, -0.15) is 0 Å². The third kappa shape index (κ3) is 3.64. The summed E-state index contributed by atoms with van der Waals surface area (Å²) in [5.74, 6) is -13.5. The minimum absolute atomic E-state index is 0.0760. The molecular weight excluding hydrogens is 482 g/mol. The topological polar surface area (TPSA) is 178 Å². The number of aromatic hydroxyl groups is 1. The summed E-state index contributed by atoms with van der Waals surface area (Å²) >= 11 is 0. The standard InChI is InChI=1S/C27H31NO9/c1-6-15(30)37-22-13-9-14(29)18(25(28)35)23(33)27(13,36)24(34)19-16(22)10(2)11-7-8-12(26(3,4)5)20(31)17(11)21(19)32/h7-8,10,13,16,18-19,22,31,36H,6,9H2,1-5H3,(H2,28,35)/t10-,13+,16+,18?,19?,22+,27+/m0/s1. The molecule has 10 heteroatoms. The molecule has 2 fully saturated rings. The van der Waals surface area contributed by atoms with Gasteiger partial charge in [-0.05, 0) is 22.5 Å². The maximum absolute atomic E-state index is 13.9. The number of phenolic OH excluding ortho intramolecular Hbond substituents is 1. The number of hydrogen-bond donors (Lipinski definition) is 3. The number of phenols is 1. The summed E-state index contributed by atoms with van der Waals surface area (Å²) in [5, 5.41) is 22.7. The first-order valence-corrected chi connectivity index (χ1v) is 12.3. The zero-order valence-electron chi connectivity index (χ0n) is 21.4. The molecular formula is C27H31NO9. The van der Waals surface area contributed by atoms with Crippen molar-refractivity contribution in [1.82, 2.24) is 0 Å².